The fourth-order valence-electron chi connectivity index (χ4n) is 1.56. The third-order valence-corrected chi connectivity index (χ3v) is 5.64. The molecule has 94 valence electrons. The molecule has 0 amide bonds. The molecular formula is C10H19O5P. The van der Waals surface area contributed by atoms with Crippen molar-refractivity contribution in [1.29, 1.82) is 0 Å². The number of hydrogen-bond acceptors (Lipinski definition) is 3. The molecule has 0 unspecified atom stereocenters. The largest absolute Gasteiger partial charge is 0.481 e. The zero-order valence-electron chi connectivity index (χ0n) is 9.68. The average molecular weight is 250 g/mol. The van der Waals surface area contributed by atoms with Crippen molar-refractivity contribution in [2.75, 3.05) is 18.5 Å². The van der Waals surface area contributed by atoms with Crippen LogP contribution in [0, 0.1) is 5.92 Å². The van der Waals surface area contributed by atoms with E-state index < -0.39 is 19.1 Å². The molecule has 0 bridgehead atoms. The SMILES string of the molecule is CC(C)CP(=O)(CCC(=O)O)CCC(=O)O. The minimum Gasteiger partial charge on any atom is -0.481 e. The number of carbonyl (C=O) groups is 2. The Morgan fingerprint density at radius 3 is 1.69 bits per heavy atom. The second kappa shape index (κ2) is 6.69. The molecule has 0 rings (SSSR count). The second-order valence-electron chi connectivity index (χ2n) is 4.37. The Balaban J connectivity index is 4.41. The smallest absolute Gasteiger partial charge is 0.303 e. The maximum absolute atomic E-state index is 12.3. The Morgan fingerprint density at radius 1 is 1.06 bits per heavy atom. The molecule has 0 radical (unpaired) electrons. The van der Waals surface area contributed by atoms with Crippen LogP contribution in [0.2, 0.25) is 0 Å². The molecule has 16 heavy (non-hydrogen) atoms. The van der Waals surface area contributed by atoms with Crippen molar-refractivity contribution in [3.63, 3.8) is 0 Å². The van der Waals surface area contributed by atoms with Gasteiger partial charge in [-0.2, -0.15) is 0 Å². The molecule has 0 aliphatic heterocycles. The van der Waals surface area contributed by atoms with Crippen LogP contribution in [0.25, 0.3) is 0 Å². The van der Waals surface area contributed by atoms with Crippen molar-refractivity contribution in [3.05, 3.63) is 0 Å². The summed E-state index contributed by atoms with van der Waals surface area (Å²) in [6.45, 7) is 3.79. The molecule has 0 atom stereocenters. The molecule has 0 fully saturated rings. The molecule has 0 saturated heterocycles. The summed E-state index contributed by atoms with van der Waals surface area (Å²) in [4.78, 5) is 20.9. The fraction of sp³-hybridized carbons (Fsp3) is 0.800. The van der Waals surface area contributed by atoms with E-state index in [1.54, 1.807) is 0 Å². The third-order valence-electron chi connectivity index (χ3n) is 2.16. The van der Waals surface area contributed by atoms with Crippen LogP contribution in [-0.2, 0) is 14.2 Å². The van der Waals surface area contributed by atoms with Gasteiger partial charge in [-0.3, -0.25) is 9.59 Å². The summed E-state index contributed by atoms with van der Waals surface area (Å²) in [5.41, 5.74) is 0. The van der Waals surface area contributed by atoms with Gasteiger partial charge in [0.15, 0.2) is 0 Å². The van der Waals surface area contributed by atoms with Gasteiger partial charge in [0.25, 0.3) is 0 Å². The van der Waals surface area contributed by atoms with E-state index in [9.17, 15) is 14.2 Å². The van der Waals surface area contributed by atoms with Crippen molar-refractivity contribution in [3.8, 4) is 0 Å². The molecule has 0 heterocycles. The van der Waals surface area contributed by atoms with Gasteiger partial charge in [-0.1, -0.05) is 13.8 Å². The van der Waals surface area contributed by atoms with Crippen LogP contribution in [0.4, 0.5) is 0 Å². The minimum atomic E-state index is -2.64. The summed E-state index contributed by atoms with van der Waals surface area (Å²) >= 11 is 0. The lowest BCUT2D eigenvalue weighted by molar-refractivity contribution is -0.137. The first kappa shape index (κ1) is 15.2. The molecule has 6 heteroatoms. The van der Waals surface area contributed by atoms with Gasteiger partial charge in [0.05, 0.1) is 20.0 Å². The van der Waals surface area contributed by atoms with Crippen LogP contribution in [0.5, 0.6) is 0 Å². The average Bonchev–Trinajstić information content (AvgIpc) is 2.11. The van der Waals surface area contributed by atoms with E-state index in [1.807, 2.05) is 13.8 Å². The molecule has 0 aromatic heterocycles. The molecule has 2 N–H and O–H groups in total. The highest BCUT2D eigenvalue weighted by Crippen LogP contribution is 2.48. The number of rotatable bonds is 8. The van der Waals surface area contributed by atoms with Gasteiger partial charge in [0.1, 0.15) is 0 Å². The lowest BCUT2D eigenvalue weighted by atomic mass is 10.3. The van der Waals surface area contributed by atoms with Crippen LogP contribution in [-0.4, -0.2) is 40.6 Å². The Kier molecular flexibility index (Phi) is 6.34. The standard InChI is InChI=1S/C10H19O5P/c1-8(2)7-16(15,5-3-9(11)12)6-4-10(13)14/h8H,3-7H2,1-2H3,(H,11,12)(H,13,14). The fourth-order valence-corrected chi connectivity index (χ4v) is 4.68. The lowest BCUT2D eigenvalue weighted by Crippen LogP contribution is -2.11. The van der Waals surface area contributed by atoms with Crippen LogP contribution < -0.4 is 0 Å². The lowest BCUT2D eigenvalue weighted by Gasteiger charge is -2.18. The minimum absolute atomic E-state index is 0.105. The third kappa shape index (κ3) is 7.46. The molecule has 0 aliphatic carbocycles. The maximum atomic E-state index is 12.3. The number of carboxylic acid groups (broad SMARTS) is 2. The number of aliphatic carboxylic acids is 2. The van der Waals surface area contributed by atoms with Crippen LogP contribution in [0.3, 0.4) is 0 Å². The summed E-state index contributed by atoms with van der Waals surface area (Å²) in [6.07, 6.45) is 0.336. The topological polar surface area (TPSA) is 91.7 Å². The molecule has 0 saturated carbocycles. The zero-order valence-corrected chi connectivity index (χ0v) is 10.6. The molecule has 0 aromatic carbocycles. The van der Waals surface area contributed by atoms with Gasteiger partial charge in [-0.05, 0) is 5.92 Å². The first-order valence-corrected chi connectivity index (χ1v) is 7.52. The summed E-state index contributed by atoms with van der Waals surface area (Å²) in [6, 6.07) is 0. The van der Waals surface area contributed by atoms with Gasteiger partial charge in [-0.15, -0.1) is 0 Å². The predicted molar refractivity (Wildman–Crippen MR) is 61.6 cm³/mol. The van der Waals surface area contributed by atoms with Crippen LogP contribution in [0.15, 0.2) is 0 Å². The van der Waals surface area contributed by atoms with E-state index in [0.29, 0.717) is 6.16 Å². The highest BCUT2D eigenvalue weighted by atomic mass is 31.2. The maximum Gasteiger partial charge on any atom is 0.303 e. The normalized spacial score (nSPS) is 11.7. The Hall–Kier alpha value is -0.830. The van der Waals surface area contributed by atoms with Crippen LogP contribution >= 0.6 is 7.14 Å². The van der Waals surface area contributed by atoms with Gasteiger partial charge in [-0.25, -0.2) is 0 Å². The first-order valence-electron chi connectivity index (χ1n) is 5.26. The van der Waals surface area contributed by atoms with Gasteiger partial charge in [0, 0.05) is 18.5 Å². The molecular weight excluding hydrogens is 231 g/mol. The van der Waals surface area contributed by atoms with Crippen molar-refractivity contribution in [1.82, 2.24) is 0 Å². The van der Waals surface area contributed by atoms with E-state index in [1.165, 1.54) is 0 Å². The Morgan fingerprint density at radius 2 is 1.44 bits per heavy atom. The predicted octanol–water partition coefficient (Wildman–Crippen LogP) is 1.95. The van der Waals surface area contributed by atoms with E-state index in [2.05, 4.69) is 0 Å². The van der Waals surface area contributed by atoms with Gasteiger partial charge >= 0.3 is 11.9 Å². The van der Waals surface area contributed by atoms with Gasteiger partial charge in [0.2, 0.25) is 0 Å². The van der Waals surface area contributed by atoms with Crippen molar-refractivity contribution in [2.24, 2.45) is 5.92 Å². The highest BCUT2D eigenvalue weighted by molar-refractivity contribution is 7.64. The Labute approximate surface area is 95.2 Å². The quantitative estimate of drug-likeness (QED) is 0.642. The van der Waals surface area contributed by atoms with E-state index in [0.717, 1.165) is 0 Å². The highest BCUT2D eigenvalue weighted by Gasteiger charge is 2.25. The molecule has 5 nitrogen and oxygen atoms in total. The summed E-state index contributed by atoms with van der Waals surface area (Å²) in [5, 5.41) is 17.1. The molecule has 0 spiro atoms. The summed E-state index contributed by atoms with van der Waals surface area (Å²) in [5.74, 6) is -1.79. The summed E-state index contributed by atoms with van der Waals surface area (Å²) < 4.78 is 12.3. The zero-order chi connectivity index (χ0) is 12.8. The molecule has 0 aliphatic rings. The number of carboxylic acids is 2. The van der Waals surface area contributed by atoms with E-state index in [4.69, 9.17) is 10.2 Å². The number of hydrogen-bond donors (Lipinski definition) is 2. The Bertz CT molecular complexity index is 276. The van der Waals surface area contributed by atoms with E-state index >= 15 is 0 Å². The van der Waals surface area contributed by atoms with Gasteiger partial charge < -0.3 is 14.8 Å². The van der Waals surface area contributed by atoms with Crippen molar-refractivity contribution < 1.29 is 24.4 Å². The second-order valence-corrected chi connectivity index (χ2v) is 7.75. The van der Waals surface area contributed by atoms with Crippen molar-refractivity contribution >= 4 is 19.1 Å². The van der Waals surface area contributed by atoms with Crippen molar-refractivity contribution in [2.45, 2.75) is 26.7 Å². The van der Waals surface area contributed by atoms with Crippen LogP contribution in [0.1, 0.15) is 26.7 Å². The van der Waals surface area contributed by atoms with E-state index in [-0.39, 0.29) is 31.1 Å². The monoisotopic (exact) mass is 250 g/mol. The summed E-state index contributed by atoms with van der Waals surface area (Å²) in [7, 11) is -2.64. The first-order chi connectivity index (χ1) is 7.25. The molecule has 0 aromatic rings.